The zero-order valence-corrected chi connectivity index (χ0v) is 8.14. The second kappa shape index (κ2) is 4.79. The SMILES string of the molecule is CCn1cc(N)c(O)n1.O=S(=O)(O)O. The van der Waals surface area contributed by atoms with Gasteiger partial charge in [0.2, 0.25) is 0 Å². The fourth-order valence-electron chi connectivity index (χ4n) is 0.589. The normalized spacial score (nSPS) is 10.5. The van der Waals surface area contributed by atoms with Crippen molar-refractivity contribution in [1.29, 1.82) is 0 Å². The van der Waals surface area contributed by atoms with Gasteiger partial charge in [-0.3, -0.25) is 13.8 Å². The summed E-state index contributed by atoms with van der Waals surface area (Å²) in [6, 6.07) is 0. The number of anilines is 1. The molecule has 0 spiro atoms. The molecule has 0 aliphatic carbocycles. The summed E-state index contributed by atoms with van der Waals surface area (Å²) in [7, 11) is -4.67. The van der Waals surface area contributed by atoms with Gasteiger partial charge in [-0.2, -0.15) is 8.42 Å². The molecule has 1 rings (SSSR count). The van der Waals surface area contributed by atoms with Gasteiger partial charge in [0.25, 0.3) is 5.88 Å². The molecule has 0 atom stereocenters. The number of nitrogens with two attached hydrogens (primary N) is 1. The molecule has 0 fully saturated rings. The Bertz CT molecular complexity index is 357. The zero-order chi connectivity index (χ0) is 11.4. The summed E-state index contributed by atoms with van der Waals surface area (Å²) in [6.07, 6.45) is 1.59. The number of nitrogen functional groups attached to an aromatic ring is 1. The second-order valence-electron chi connectivity index (χ2n) is 2.21. The average molecular weight is 225 g/mol. The third kappa shape index (κ3) is 6.22. The lowest BCUT2D eigenvalue weighted by Gasteiger charge is -1.87. The van der Waals surface area contributed by atoms with Gasteiger partial charge in [-0.25, -0.2) is 0 Å². The minimum Gasteiger partial charge on any atom is -0.491 e. The van der Waals surface area contributed by atoms with Gasteiger partial charge in [-0.1, -0.05) is 0 Å². The smallest absolute Gasteiger partial charge is 0.394 e. The summed E-state index contributed by atoms with van der Waals surface area (Å²) in [4.78, 5) is 0. The number of aromatic nitrogens is 2. The highest BCUT2D eigenvalue weighted by molar-refractivity contribution is 7.79. The van der Waals surface area contributed by atoms with Crippen LogP contribution in [-0.4, -0.2) is 32.4 Å². The minimum atomic E-state index is -4.67. The van der Waals surface area contributed by atoms with Crippen LogP contribution in [0.5, 0.6) is 5.88 Å². The topological polar surface area (TPSA) is 139 Å². The number of aromatic hydroxyl groups is 1. The predicted molar refractivity (Wildman–Crippen MR) is 48.2 cm³/mol. The fourth-order valence-corrected chi connectivity index (χ4v) is 0.589. The maximum Gasteiger partial charge on any atom is 0.394 e. The van der Waals surface area contributed by atoms with E-state index in [-0.39, 0.29) is 5.88 Å². The number of nitrogens with zero attached hydrogens (tertiary/aromatic N) is 2. The van der Waals surface area contributed by atoms with E-state index in [4.69, 9.17) is 28.4 Å². The van der Waals surface area contributed by atoms with E-state index in [1.54, 1.807) is 10.9 Å². The first-order valence-electron chi connectivity index (χ1n) is 3.45. The van der Waals surface area contributed by atoms with Crippen LogP contribution in [0.4, 0.5) is 5.69 Å². The van der Waals surface area contributed by atoms with E-state index in [0.717, 1.165) is 6.54 Å². The molecule has 14 heavy (non-hydrogen) atoms. The molecule has 1 heterocycles. The summed E-state index contributed by atoms with van der Waals surface area (Å²) in [6.45, 7) is 2.65. The first kappa shape index (κ1) is 12.7. The Morgan fingerprint density at radius 1 is 1.57 bits per heavy atom. The van der Waals surface area contributed by atoms with Gasteiger partial charge >= 0.3 is 10.4 Å². The fraction of sp³-hybridized carbons (Fsp3) is 0.400. The third-order valence-electron chi connectivity index (χ3n) is 1.09. The van der Waals surface area contributed by atoms with Crippen molar-refractivity contribution < 1.29 is 22.6 Å². The monoisotopic (exact) mass is 225 g/mol. The molecule has 0 aromatic carbocycles. The van der Waals surface area contributed by atoms with Crippen LogP contribution in [0.1, 0.15) is 6.92 Å². The van der Waals surface area contributed by atoms with Crippen molar-refractivity contribution in [2.45, 2.75) is 13.5 Å². The van der Waals surface area contributed by atoms with Crippen molar-refractivity contribution in [1.82, 2.24) is 9.78 Å². The van der Waals surface area contributed by atoms with E-state index in [2.05, 4.69) is 5.10 Å². The van der Waals surface area contributed by atoms with Crippen molar-refractivity contribution in [3.05, 3.63) is 6.20 Å². The Kier molecular flexibility index (Phi) is 4.34. The Hall–Kier alpha value is -1.32. The first-order chi connectivity index (χ1) is 6.24. The predicted octanol–water partition coefficient (Wildman–Crippen LogP) is -0.462. The van der Waals surface area contributed by atoms with E-state index >= 15 is 0 Å². The molecule has 8 nitrogen and oxygen atoms in total. The molecule has 1 aromatic rings. The highest BCUT2D eigenvalue weighted by Crippen LogP contribution is 2.14. The van der Waals surface area contributed by atoms with Crippen LogP contribution in [0.2, 0.25) is 0 Å². The number of aryl methyl sites for hydroxylation is 1. The van der Waals surface area contributed by atoms with Crippen molar-refractivity contribution in [2.75, 3.05) is 5.73 Å². The molecule has 0 aliphatic heterocycles. The molecule has 82 valence electrons. The van der Waals surface area contributed by atoms with Gasteiger partial charge in [0.1, 0.15) is 5.69 Å². The molecular weight excluding hydrogens is 214 g/mol. The summed E-state index contributed by atoms with van der Waals surface area (Å²) < 4.78 is 33.2. The van der Waals surface area contributed by atoms with Crippen LogP contribution in [0.15, 0.2) is 6.20 Å². The van der Waals surface area contributed by atoms with Crippen molar-refractivity contribution in [3.63, 3.8) is 0 Å². The molecule has 0 unspecified atom stereocenters. The molecule has 0 bridgehead atoms. The number of rotatable bonds is 1. The van der Waals surface area contributed by atoms with E-state index in [1.165, 1.54) is 0 Å². The molecule has 0 amide bonds. The van der Waals surface area contributed by atoms with Crippen LogP contribution in [0.25, 0.3) is 0 Å². The average Bonchev–Trinajstić information content (AvgIpc) is 2.28. The van der Waals surface area contributed by atoms with Gasteiger partial charge in [0.05, 0.1) is 6.20 Å². The van der Waals surface area contributed by atoms with E-state index in [0.29, 0.717) is 5.69 Å². The lowest BCUT2D eigenvalue weighted by molar-refractivity contribution is 0.381. The van der Waals surface area contributed by atoms with Crippen LogP contribution >= 0.6 is 0 Å². The van der Waals surface area contributed by atoms with Crippen LogP contribution < -0.4 is 5.73 Å². The second-order valence-corrected chi connectivity index (χ2v) is 3.11. The molecule has 5 N–H and O–H groups in total. The van der Waals surface area contributed by atoms with Gasteiger partial charge < -0.3 is 10.8 Å². The maximum absolute atomic E-state index is 8.81. The van der Waals surface area contributed by atoms with Crippen LogP contribution in [0, 0.1) is 0 Å². The highest BCUT2D eigenvalue weighted by Gasteiger charge is 1.99. The summed E-state index contributed by atoms with van der Waals surface area (Å²) in [5.74, 6) is -0.0862. The Balaban J connectivity index is 0.000000292. The molecular formula is C5H11N3O5S. The van der Waals surface area contributed by atoms with E-state index < -0.39 is 10.4 Å². The van der Waals surface area contributed by atoms with Crippen LogP contribution in [-0.2, 0) is 16.9 Å². The summed E-state index contributed by atoms with van der Waals surface area (Å²) >= 11 is 0. The zero-order valence-electron chi connectivity index (χ0n) is 7.32. The molecule has 0 saturated carbocycles. The van der Waals surface area contributed by atoms with Gasteiger partial charge in [0.15, 0.2) is 0 Å². The lowest BCUT2D eigenvalue weighted by atomic mass is 10.6. The quantitative estimate of drug-likeness (QED) is 0.474. The van der Waals surface area contributed by atoms with Crippen LogP contribution in [0.3, 0.4) is 0 Å². The molecule has 9 heteroatoms. The molecule has 0 aliphatic rings. The first-order valence-corrected chi connectivity index (χ1v) is 4.85. The largest absolute Gasteiger partial charge is 0.491 e. The van der Waals surface area contributed by atoms with Gasteiger partial charge in [-0.05, 0) is 6.92 Å². The summed E-state index contributed by atoms with van der Waals surface area (Å²) in [5, 5.41) is 12.5. The maximum atomic E-state index is 8.81. The third-order valence-corrected chi connectivity index (χ3v) is 1.09. The number of hydrogen-bond acceptors (Lipinski definition) is 5. The Labute approximate surface area is 80.5 Å². The molecule has 0 saturated heterocycles. The van der Waals surface area contributed by atoms with Crippen molar-refractivity contribution in [3.8, 4) is 5.88 Å². The standard InChI is InChI=1S/C5H9N3O.H2O4S/c1-2-8-3-4(6)5(9)7-8;1-5(2,3)4/h3H,2,6H2,1H3,(H,7,9);(H2,1,2,3,4). The van der Waals surface area contributed by atoms with E-state index in [1.807, 2.05) is 6.92 Å². The minimum absolute atomic E-state index is 0.0862. The molecule has 1 aromatic heterocycles. The highest BCUT2D eigenvalue weighted by atomic mass is 32.3. The molecule has 0 radical (unpaired) electrons. The van der Waals surface area contributed by atoms with Gasteiger partial charge in [0, 0.05) is 6.54 Å². The van der Waals surface area contributed by atoms with Gasteiger partial charge in [-0.15, -0.1) is 5.10 Å². The van der Waals surface area contributed by atoms with Crippen molar-refractivity contribution >= 4 is 16.1 Å². The lowest BCUT2D eigenvalue weighted by Crippen LogP contribution is -1.92. The Morgan fingerprint density at radius 3 is 2.14 bits per heavy atom. The summed E-state index contributed by atoms with van der Waals surface area (Å²) in [5.41, 5.74) is 5.61. The number of hydrogen-bond donors (Lipinski definition) is 4. The van der Waals surface area contributed by atoms with Crippen molar-refractivity contribution in [2.24, 2.45) is 0 Å². The Morgan fingerprint density at radius 2 is 2.00 bits per heavy atom. The van der Waals surface area contributed by atoms with E-state index in [9.17, 15) is 0 Å².